The fourth-order valence-corrected chi connectivity index (χ4v) is 1.95. The molecule has 0 aliphatic heterocycles. The van der Waals surface area contributed by atoms with E-state index < -0.39 is 12.5 Å². The lowest BCUT2D eigenvalue weighted by Gasteiger charge is -2.20. The molecule has 2 unspecified atom stereocenters. The summed E-state index contributed by atoms with van der Waals surface area (Å²) in [6, 6.07) is 4.10. The maximum absolute atomic E-state index is 12.2. The molecule has 0 heterocycles. The molecule has 2 N–H and O–H groups in total. The first-order chi connectivity index (χ1) is 8.32. The first-order valence-corrected chi connectivity index (χ1v) is 6.10. The number of aliphatic hydroxyl groups excluding tert-OH is 1. The van der Waals surface area contributed by atoms with Gasteiger partial charge in [0.05, 0.1) is 0 Å². The second-order valence-electron chi connectivity index (χ2n) is 4.82. The zero-order valence-corrected chi connectivity index (χ0v) is 11.3. The molecule has 0 saturated heterocycles. The molecular weight excluding hydrogens is 236 g/mol. The Labute approximate surface area is 107 Å². The zero-order chi connectivity index (χ0) is 13.9. The van der Waals surface area contributed by atoms with Gasteiger partial charge in [-0.3, -0.25) is 0 Å². The number of rotatable bonds is 5. The van der Waals surface area contributed by atoms with E-state index in [-0.39, 0.29) is 12.6 Å². The maximum atomic E-state index is 12.2. The minimum absolute atomic E-state index is 0.0577. The number of nitrogens with one attached hydrogen (secondary N) is 1. The molecule has 1 rings (SSSR count). The molecular formula is C14H21F2NO. The van der Waals surface area contributed by atoms with E-state index in [0.717, 1.165) is 11.1 Å². The highest BCUT2D eigenvalue weighted by molar-refractivity contribution is 5.37. The quantitative estimate of drug-likeness (QED) is 0.850. The number of alkyl halides is 2. The minimum Gasteiger partial charge on any atom is -0.386 e. The highest BCUT2D eigenvalue weighted by atomic mass is 19.3. The molecule has 4 heteroatoms. The molecule has 0 aliphatic rings. The third-order valence-electron chi connectivity index (χ3n) is 3.27. The maximum Gasteiger partial charge on any atom is 0.265 e. The normalized spacial score (nSPS) is 14.9. The van der Waals surface area contributed by atoms with Gasteiger partial charge >= 0.3 is 0 Å². The van der Waals surface area contributed by atoms with Gasteiger partial charge in [-0.15, -0.1) is 0 Å². The molecule has 0 saturated carbocycles. The lowest BCUT2D eigenvalue weighted by Crippen LogP contribution is -2.33. The van der Waals surface area contributed by atoms with Crippen LogP contribution in [0.5, 0.6) is 0 Å². The highest BCUT2D eigenvalue weighted by Crippen LogP contribution is 2.21. The lowest BCUT2D eigenvalue weighted by molar-refractivity contribution is -0.00440. The second kappa shape index (κ2) is 6.25. The number of hydrogen-bond acceptors (Lipinski definition) is 2. The number of aryl methyl sites for hydroxylation is 3. The summed E-state index contributed by atoms with van der Waals surface area (Å²) in [6.45, 7) is 7.88. The van der Waals surface area contributed by atoms with Crippen molar-refractivity contribution in [1.82, 2.24) is 5.32 Å². The monoisotopic (exact) mass is 257 g/mol. The van der Waals surface area contributed by atoms with Crippen LogP contribution in [0.2, 0.25) is 0 Å². The van der Waals surface area contributed by atoms with Crippen LogP contribution in [0.1, 0.15) is 35.2 Å². The molecule has 1 aromatic carbocycles. The molecule has 0 radical (unpaired) electrons. The molecule has 1 aromatic rings. The van der Waals surface area contributed by atoms with E-state index in [1.807, 2.05) is 27.7 Å². The Morgan fingerprint density at radius 3 is 2.22 bits per heavy atom. The Hall–Kier alpha value is -1.00. The topological polar surface area (TPSA) is 32.3 Å². The third kappa shape index (κ3) is 3.75. The Balaban J connectivity index is 2.72. The van der Waals surface area contributed by atoms with Gasteiger partial charge < -0.3 is 10.4 Å². The molecule has 102 valence electrons. The summed E-state index contributed by atoms with van der Waals surface area (Å²) in [4.78, 5) is 0. The first-order valence-electron chi connectivity index (χ1n) is 6.10. The first kappa shape index (κ1) is 15.1. The van der Waals surface area contributed by atoms with Crippen LogP contribution in [0.3, 0.4) is 0 Å². The minimum atomic E-state index is -2.70. The predicted molar refractivity (Wildman–Crippen MR) is 69.1 cm³/mol. The number of aliphatic hydroxyl groups is 1. The van der Waals surface area contributed by atoms with Crippen LogP contribution in [0.15, 0.2) is 12.1 Å². The van der Waals surface area contributed by atoms with Crippen molar-refractivity contribution in [3.05, 3.63) is 34.4 Å². The van der Waals surface area contributed by atoms with Gasteiger partial charge in [-0.1, -0.05) is 12.1 Å². The number of halogens is 2. The van der Waals surface area contributed by atoms with Crippen LogP contribution in [0.25, 0.3) is 0 Å². The van der Waals surface area contributed by atoms with Crippen LogP contribution in [-0.2, 0) is 0 Å². The molecule has 2 nitrogen and oxygen atoms in total. The van der Waals surface area contributed by atoms with Gasteiger partial charge in [-0.25, -0.2) is 8.78 Å². The molecule has 0 amide bonds. The second-order valence-corrected chi connectivity index (χ2v) is 4.82. The smallest absolute Gasteiger partial charge is 0.265 e. The van der Waals surface area contributed by atoms with Crippen LogP contribution >= 0.6 is 0 Å². The number of hydrogen-bond donors (Lipinski definition) is 2. The Kier molecular flexibility index (Phi) is 5.23. The fraction of sp³-hybridized carbons (Fsp3) is 0.571. The van der Waals surface area contributed by atoms with Crippen molar-refractivity contribution in [2.75, 3.05) is 6.54 Å². The molecule has 0 aromatic heterocycles. The zero-order valence-electron chi connectivity index (χ0n) is 11.3. The summed E-state index contributed by atoms with van der Waals surface area (Å²) in [5.41, 5.74) is 4.61. The van der Waals surface area contributed by atoms with E-state index in [1.165, 1.54) is 11.1 Å². The van der Waals surface area contributed by atoms with Crippen molar-refractivity contribution < 1.29 is 13.9 Å². The highest BCUT2D eigenvalue weighted by Gasteiger charge is 2.18. The van der Waals surface area contributed by atoms with Gasteiger partial charge in [-0.05, 0) is 49.9 Å². The van der Waals surface area contributed by atoms with Gasteiger partial charge in [0.15, 0.2) is 0 Å². The molecule has 18 heavy (non-hydrogen) atoms. The number of benzene rings is 1. The molecule has 0 fully saturated rings. The standard InChI is InChI=1S/C14H21F2NO/c1-8-5-10(3)12(6-9(8)2)11(4)17-7-13(18)14(15)16/h5-6,11,13-14,17-18H,7H2,1-4H3. The van der Waals surface area contributed by atoms with Crippen LogP contribution in [0.4, 0.5) is 8.78 Å². The predicted octanol–water partition coefficient (Wildman–Crippen LogP) is 2.89. The van der Waals surface area contributed by atoms with E-state index >= 15 is 0 Å². The van der Waals surface area contributed by atoms with E-state index in [9.17, 15) is 8.78 Å². The van der Waals surface area contributed by atoms with E-state index in [0.29, 0.717) is 0 Å². The summed E-state index contributed by atoms with van der Waals surface area (Å²) >= 11 is 0. The van der Waals surface area contributed by atoms with Crippen molar-refractivity contribution in [2.24, 2.45) is 0 Å². The summed E-state index contributed by atoms with van der Waals surface area (Å²) in [5.74, 6) is 0. The van der Waals surface area contributed by atoms with Gasteiger partial charge in [0.25, 0.3) is 6.43 Å². The average Bonchev–Trinajstić information content (AvgIpc) is 2.30. The van der Waals surface area contributed by atoms with Crippen molar-refractivity contribution in [2.45, 2.75) is 46.3 Å². The third-order valence-corrected chi connectivity index (χ3v) is 3.27. The Morgan fingerprint density at radius 1 is 1.11 bits per heavy atom. The van der Waals surface area contributed by atoms with Gasteiger partial charge in [0.1, 0.15) is 6.10 Å². The summed E-state index contributed by atoms with van der Waals surface area (Å²) in [7, 11) is 0. The summed E-state index contributed by atoms with van der Waals surface area (Å²) in [6.07, 6.45) is -4.31. The average molecular weight is 257 g/mol. The Morgan fingerprint density at radius 2 is 1.67 bits per heavy atom. The molecule has 2 atom stereocenters. The summed E-state index contributed by atoms with van der Waals surface area (Å²) < 4.78 is 24.4. The van der Waals surface area contributed by atoms with Crippen molar-refractivity contribution in [1.29, 1.82) is 0 Å². The van der Waals surface area contributed by atoms with E-state index in [2.05, 4.69) is 17.4 Å². The molecule has 0 spiro atoms. The van der Waals surface area contributed by atoms with Gasteiger partial charge in [0.2, 0.25) is 0 Å². The fourth-order valence-electron chi connectivity index (χ4n) is 1.95. The Bertz CT molecular complexity index is 407. The van der Waals surface area contributed by atoms with Crippen molar-refractivity contribution >= 4 is 0 Å². The molecule has 0 bridgehead atoms. The SMILES string of the molecule is Cc1cc(C)c(C(C)NCC(O)C(F)F)cc1C. The van der Waals surface area contributed by atoms with Crippen molar-refractivity contribution in [3.63, 3.8) is 0 Å². The van der Waals surface area contributed by atoms with Gasteiger partial charge in [-0.2, -0.15) is 0 Å². The van der Waals surface area contributed by atoms with Crippen LogP contribution in [-0.4, -0.2) is 24.2 Å². The van der Waals surface area contributed by atoms with E-state index in [1.54, 1.807) is 0 Å². The lowest BCUT2D eigenvalue weighted by atomic mass is 9.96. The largest absolute Gasteiger partial charge is 0.386 e. The van der Waals surface area contributed by atoms with Crippen molar-refractivity contribution in [3.8, 4) is 0 Å². The van der Waals surface area contributed by atoms with Gasteiger partial charge in [0, 0.05) is 12.6 Å². The summed E-state index contributed by atoms with van der Waals surface area (Å²) in [5, 5.41) is 12.0. The van der Waals surface area contributed by atoms with Crippen LogP contribution < -0.4 is 5.32 Å². The van der Waals surface area contributed by atoms with E-state index in [4.69, 9.17) is 5.11 Å². The molecule has 0 aliphatic carbocycles. The van der Waals surface area contributed by atoms with Crippen LogP contribution in [0, 0.1) is 20.8 Å².